The van der Waals surface area contributed by atoms with Gasteiger partial charge in [0.05, 0.1) is 49.2 Å². The lowest BCUT2D eigenvalue weighted by molar-refractivity contribution is 0.0600. The molecule has 1 aliphatic carbocycles. The Hall–Kier alpha value is -4.04. The number of imidazole rings is 1. The molecule has 2 aliphatic rings. The molecule has 0 unspecified atom stereocenters. The lowest BCUT2D eigenvalue weighted by Crippen LogP contribution is -2.36. The first-order valence-corrected chi connectivity index (χ1v) is 12.8. The van der Waals surface area contributed by atoms with Gasteiger partial charge in [0.1, 0.15) is 5.69 Å². The molecule has 0 spiro atoms. The van der Waals surface area contributed by atoms with E-state index in [0.29, 0.717) is 18.8 Å². The highest BCUT2D eigenvalue weighted by Gasteiger charge is 2.21. The van der Waals surface area contributed by atoms with E-state index in [9.17, 15) is 4.79 Å². The Morgan fingerprint density at radius 3 is 2.59 bits per heavy atom. The third-order valence-corrected chi connectivity index (χ3v) is 7.07. The van der Waals surface area contributed by atoms with E-state index in [2.05, 4.69) is 22.1 Å². The van der Waals surface area contributed by atoms with Crippen LogP contribution in [0.2, 0.25) is 0 Å². The zero-order valence-corrected chi connectivity index (χ0v) is 20.9. The number of aryl methyl sites for hydroxylation is 2. The second kappa shape index (κ2) is 10.1. The number of morpholine rings is 1. The maximum Gasteiger partial charge on any atom is 0.337 e. The van der Waals surface area contributed by atoms with Crippen molar-refractivity contribution >= 4 is 29.5 Å². The number of benzene rings is 1. The number of rotatable bonds is 5. The number of carbonyl (C=O) groups excluding carboxylic acids is 1. The number of ether oxygens (including phenoxy) is 2. The van der Waals surface area contributed by atoms with Crippen LogP contribution in [0.25, 0.3) is 29.1 Å². The molecular weight excluding hydrogens is 466 g/mol. The Bertz CT molecular complexity index is 1470. The SMILES string of the molecule is COC(=O)c1ccc(-c2c(C=Cc3ccc4c(n3)CCCC4)nc3c(N4CCOCC4)ccnn23)cc1. The van der Waals surface area contributed by atoms with E-state index < -0.39 is 0 Å². The fourth-order valence-corrected chi connectivity index (χ4v) is 5.13. The van der Waals surface area contributed by atoms with Gasteiger partial charge in [-0.2, -0.15) is 5.10 Å². The summed E-state index contributed by atoms with van der Waals surface area (Å²) < 4.78 is 12.3. The molecule has 0 amide bonds. The van der Waals surface area contributed by atoms with Crippen LogP contribution >= 0.6 is 0 Å². The molecule has 3 aromatic heterocycles. The van der Waals surface area contributed by atoms with E-state index in [1.807, 2.05) is 41.1 Å². The summed E-state index contributed by atoms with van der Waals surface area (Å²) in [5, 5.41) is 4.68. The van der Waals surface area contributed by atoms with Crippen molar-refractivity contribution < 1.29 is 14.3 Å². The molecule has 0 bridgehead atoms. The van der Waals surface area contributed by atoms with Crippen LogP contribution in [-0.2, 0) is 22.3 Å². The number of hydrogen-bond acceptors (Lipinski definition) is 7. The molecule has 4 heterocycles. The zero-order chi connectivity index (χ0) is 25.2. The Morgan fingerprint density at radius 2 is 1.78 bits per heavy atom. The van der Waals surface area contributed by atoms with Gasteiger partial charge >= 0.3 is 5.97 Å². The van der Waals surface area contributed by atoms with E-state index >= 15 is 0 Å². The molecule has 188 valence electrons. The maximum atomic E-state index is 12.0. The lowest BCUT2D eigenvalue weighted by atomic mass is 9.96. The van der Waals surface area contributed by atoms with Crippen LogP contribution in [0.15, 0.2) is 48.7 Å². The van der Waals surface area contributed by atoms with Gasteiger partial charge in [-0.3, -0.25) is 4.98 Å². The predicted octanol–water partition coefficient (Wildman–Crippen LogP) is 4.46. The Labute approximate surface area is 215 Å². The standard InChI is InChI=1S/C29H29N5O3/c1-36-29(35)22-8-6-21(7-9-22)27-25(13-12-23-11-10-20-4-2-3-5-24(20)31-23)32-28-26(14-15-30-34(27)28)33-16-18-37-19-17-33/h6-15H,2-5,16-19H2,1H3. The van der Waals surface area contributed by atoms with Crippen molar-refractivity contribution in [3.8, 4) is 11.3 Å². The lowest BCUT2D eigenvalue weighted by Gasteiger charge is -2.28. The van der Waals surface area contributed by atoms with E-state index in [4.69, 9.17) is 19.4 Å². The molecule has 0 N–H and O–H groups in total. The second-order valence-electron chi connectivity index (χ2n) is 9.35. The number of hydrogen-bond donors (Lipinski definition) is 0. The quantitative estimate of drug-likeness (QED) is 0.378. The second-order valence-corrected chi connectivity index (χ2v) is 9.35. The van der Waals surface area contributed by atoms with Crippen LogP contribution in [0.4, 0.5) is 5.69 Å². The van der Waals surface area contributed by atoms with Gasteiger partial charge in [0.2, 0.25) is 0 Å². The molecule has 0 atom stereocenters. The molecule has 37 heavy (non-hydrogen) atoms. The number of fused-ring (bicyclic) bond motifs is 2. The molecule has 8 nitrogen and oxygen atoms in total. The molecule has 1 aromatic carbocycles. The zero-order valence-electron chi connectivity index (χ0n) is 20.9. The molecule has 8 heteroatoms. The minimum atomic E-state index is -0.365. The summed E-state index contributed by atoms with van der Waals surface area (Å²) in [4.78, 5) is 24.2. The highest BCUT2D eigenvalue weighted by atomic mass is 16.5. The summed E-state index contributed by atoms with van der Waals surface area (Å²) in [5.41, 5.74) is 8.36. The minimum absolute atomic E-state index is 0.365. The van der Waals surface area contributed by atoms with Gasteiger partial charge in [-0.1, -0.05) is 18.2 Å². The number of pyridine rings is 1. The maximum absolute atomic E-state index is 12.0. The molecule has 1 saturated heterocycles. The summed E-state index contributed by atoms with van der Waals surface area (Å²) >= 11 is 0. The fourth-order valence-electron chi connectivity index (χ4n) is 5.13. The highest BCUT2D eigenvalue weighted by Crippen LogP contribution is 2.31. The van der Waals surface area contributed by atoms with Crippen molar-refractivity contribution in [2.45, 2.75) is 25.7 Å². The first kappa shape index (κ1) is 23.4. The molecule has 6 rings (SSSR count). The molecule has 0 saturated carbocycles. The van der Waals surface area contributed by atoms with Crippen molar-refractivity contribution in [2.24, 2.45) is 0 Å². The highest BCUT2D eigenvalue weighted by molar-refractivity contribution is 5.90. The summed E-state index contributed by atoms with van der Waals surface area (Å²) in [6.07, 6.45) is 10.4. The van der Waals surface area contributed by atoms with Gasteiger partial charge in [0.15, 0.2) is 5.65 Å². The van der Waals surface area contributed by atoms with Crippen LogP contribution in [0, 0.1) is 0 Å². The van der Waals surface area contributed by atoms with Crippen molar-refractivity contribution in [1.29, 1.82) is 0 Å². The average molecular weight is 496 g/mol. The van der Waals surface area contributed by atoms with Crippen LogP contribution in [-0.4, -0.2) is 59.0 Å². The third kappa shape index (κ3) is 4.60. The Balaban J connectivity index is 1.45. The summed E-state index contributed by atoms with van der Waals surface area (Å²) in [6, 6.07) is 13.7. The smallest absolute Gasteiger partial charge is 0.337 e. The van der Waals surface area contributed by atoms with Crippen molar-refractivity contribution in [1.82, 2.24) is 19.6 Å². The van der Waals surface area contributed by atoms with Crippen LogP contribution in [0.1, 0.15) is 45.8 Å². The van der Waals surface area contributed by atoms with Gasteiger partial charge in [-0.05, 0) is 67.7 Å². The van der Waals surface area contributed by atoms with E-state index in [1.54, 1.807) is 12.1 Å². The van der Waals surface area contributed by atoms with Gasteiger partial charge in [0.25, 0.3) is 0 Å². The molecule has 0 radical (unpaired) electrons. The number of nitrogens with zero attached hydrogens (tertiary/aromatic N) is 5. The predicted molar refractivity (Wildman–Crippen MR) is 143 cm³/mol. The topological polar surface area (TPSA) is 81.8 Å². The van der Waals surface area contributed by atoms with Crippen molar-refractivity contribution in [2.75, 3.05) is 38.3 Å². The number of carbonyl (C=O) groups is 1. The Morgan fingerprint density at radius 1 is 0.973 bits per heavy atom. The normalized spacial score (nSPS) is 15.8. The number of esters is 1. The first-order valence-electron chi connectivity index (χ1n) is 12.8. The minimum Gasteiger partial charge on any atom is -0.465 e. The number of anilines is 1. The largest absolute Gasteiger partial charge is 0.465 e. The van der Waals surface area contributed by atoms with Crippen LogP contribution in [0.5, 0.6) is 0 Å². The van der Waals surface area contributed by atoms with Gasteiger partial charge in [-0.15, -0.1) is 0 Å². The monoisotopic (exact) mass is 495 g/mol. The summed E-state index contributed by atoms with van der Waals surface area (Å²) in [5.74, 6) is -0.365. The third-order valence-electron chi connectivity index (χ3n) is 7.07. The van der Waals surface area contributed by atoms with Crippen molar-refractivity contribution in [3.63, 3.8) is 0 Å². The fraction of sp³-hybridized carbons (Fsp3) is 0.310. The van der Waals surface area contributed by atoms with E-state index in [-0.39, 0.29) is 5.97 Å². The summed E-state index contributed by atoms with van der Waals surface area (Å²) in [7, 11) is 1.38. The summed E-state index contributed by atoms with van der Waals surface area (Å²) in [6.45, 7) is 2.99. The van der Waals surface area contributed by atoms with Crippen LogP contribution < -0.4 is 4.90 Å². The molecule has 1 fully saturated rings. The Kier molecular flexibility index (Phi) is 6.40. The van der Waals surface area contributed by atoms with E-state index in [1.165, 1.54) is 31.2 Å². The van der Waals surface area contributed by atoms with Gasteiger partial charge in [-0.25, -0.2) is 14.3 Å². The molecule has 1 aliphatic heterocycles. The van der Waals surface area contributed by atoms with Crippen molar-refractivity contribution in [3.05, 3.63) is 76.9 Å². The van der Waals surface area contributed by atoms with Gasteiger partial charge in [0, 0.05) is 24.3 Å². The molecule has 4 aromatic rings. The van der Waals surface area contributed by atoms with Crippen LogP contribution in [0.3, 0.4) is 0 Å². The first-order chi connectivity index (χ1) is 18.2. The number of aromatic nitrogens is 4. The molecular formula is C29H29N5O3. The van der Waals surface area contributed by atoms with E-state index in [0.717, 1.165) is 59.9 Å². The van der Waals surface area contributed by atoms with Gasteiger partial charge < -0.3 is 14.4 Å². The number of methoxy groups -OCH3 is 1. The average Bonchev–Trinajstić information content (AvgIpc) is 3.34.